The molecule has 0 aromatic rings. The second kappa shape index (κ2) is 8.38. The van der Waals surface area contributed by atoms with Crippen LogP contribution in [0.2, 0.25) is 0 Å². The SMILES string of the molecule is CCNC1CCC(C(C)C)CC1CN(C)C(C)C(C)C. The van der Waals surface area contributed by atoms with Crippen LogP contribution in [-0.2, 0) is 0 Å². The van der Waals surface area contributed by atoms with Crippen LogP contribution >= 0.6 is 0 Å². The van der Waals surface area contributed by atoms with Gasteiger partial charge in [0.2, 0.25) is 0 Å². The Morgan fingerprint density at radius 1 is 1.10 bits per heavy atom. The fraction of sp³-hybridized carbons (Fsp3) is 1.00. The minimum absolute atomic E-state index is 0.678. The van der Waals surface area contributed by atoms with Gasteiger partial charge in [0.1, 0.15) is 0 Å². The van der Waals surface area contributed by atoms with Gasteiger partial charge < -0.3 is 10.2 Å². The molecule has 0 aromatic heterocycles. The molecule has 1 saturated carbocycles. The van der Waals surface area contributed by atoms with Crippen LogP contribution in [0.5, 0.6) is 0 Å². The third kappa shape index (κ3) is 5.04. The summed E-state index contributed by atoms with van der Waals surface area (Å²) in [5, 5.41) is 3.74. The average Bonchev–Trinajstić information content (AvgIpc) is 2.39. The molecular formula is C18H38N2. The van der Waals surface area contributed by atoms with Crippen LogP contribution < -0.4 is 5.32 Å². The highest BCUT2D eigenvalue weighted by atomic mass is 15.1. The van der Waals surface area contributed by atoms with Crippen molar-refractivity contribution >= 4 is 0 Å². The van der Waals surface area contributed by atoms with Crippen molar-refractivity contribution in [1.29, 1.82) is 0 Å². The molecule has 2 heteroatoms. The maximum absolute atomic E-state index is 3.74. The van der Waals surface area contributed by atoms with Crippen molar-refractivity contribution in [1.82, 2.24) is 10.2 Å². The first kappa shape index (κ1) is 18.0. The fourth-order valence-electron chi connectivity index (χ4n) is 3.68. The van der Waals surface area contributed by atoms with Gasteiger partial charge >= 0.3 is 0 Å². The molecule has 0 spiro atoms. The molecule has 1 aliphatic rings. The van der Waals surface area contributed by atoms with Crippen molar-refractivity contribution < 1.29 is 0 Å². The smallest absolute Gasteiger partial charge is 0.0108 e. The number of rotatable bonds is 7. The lowest BCUT2D eigenvalue weighted by Gasteiger charge is -2.41. The van der Waals surface area contributed by atoms with Gasteiger partial charge in [0.15, 0.2) is 0 Å². The Hall–Kier alpha value is -0.0800. The maximum atomic E-state index is 3.74. The van der Waals surface area contributed by atoms with E-state index in [1.807, 2.05) is 0 Å². The molecule has 1 fully saturated rings. The van der Waals surface area contributed by atoms with Crippen molar-refractivity contribution in [3.05, 3.63) is 0 Å². The van der Waals surface area contributed by atoms with Gasteiger partial charge in [0.05, 0.1) is 0 Å². The standard InChI is InChI=1S/C18H38N2/c1-8-19-18-10-9-16(14(4)5)11-17(18)12-20(7)15(6)13(2)3/h13-19H,8-12H2,1-7H3. The molecule has 20 heavy (non-hydrogen) atoms. The van der Waals surface area contributed by atoms with E-state index in [1.165, 1.54) is 25.8 Å². The summed E-state index contributed by atoms with van der Waals surface area (Å²) >= 11 is 0. The Labute approximate surface area is 127 Å². The van der Waals surface area contributed by atoms with Crippen molar-refractivity contribution in [2.24, 2.45) is 23.7 Å². The number of hydrogen-bond donors (Lipinski definition) is 1. The zero-order chi connectivity index (χ0) is 15.3. The Morgan fingerprint density at radius 3 is 2.25 bits per heavy atom. The summed E-state index contributed by atoms with van der Waals surface area (Å²) in [6.07, 6.45) is 4.19. The molecule has 0 radical (unpaired) electrons. The van der Waals surface area contributed by atoms with Gasteiger partial charge in [0, 0.05) is 18.6 Å². The van der Waals surface area contributed by atoms with Gasteiger partial charge in [0.25, 0.3) is 0 Å². The molecule has 0 amide bonds. The molecule has 4 atom stereocenters. The first-order chi connectivity index (χ1) is 9.36. The molecular weight excluding hydrogens is 244 g/mol. The molecule has 0 saturated heterocycles. The van der Waals surface area contributed by atoms with Gasteiger partial charge in [-0.05, 0) is 63.5 Å². The van der Waals surface area contributed by atoms with E-state index in [9.17, 15) is 0 Å². The van der Waals surface area contributed by atoms with E-state index in [4.69, 9.17) is 0 Å². The Bertz CT molecular complexity index is 262. The fourth-order valence-corrected chi connectivity index (χ4v) is 3.68. The van der Waals surface area contributed by atoms with Crippen molar-refractivity contribution in [2.45, 2.75) is 72.9 Å². The molecule has 1 N–H and O–H groups in total. The lowest BCUT2D eigenvalue weighted by molar-refractivity contribution is 0.106. The van der Waals surface area contributed by atoms with Gasteiger partial charge in [-0.3, -0.25) is 0 Å². The van der Waals surface area contributed by atoms with E-state index < -0.39 is 0 Å². The van der Waals surface area contributed by atoms with Crippen LogP contribution in [0.1, 0.15) is 60.8 Å². The number of hydrogen-bond acceptors (Lipinski definition) is 2. The lowest BCUT2D eigenvalue weighted by atomic mass is 9.73. The molecule has 4 unspecified atom stereocenters. The topological polar surface area (TPSA) is 15.3 Å². The number of nitrogens with zero attached hydrogens (tertiary/aromatic N) is 1. The second-order valence-corrected chi connectivity index (χ2v) is 7.67. The third-order valence-electron chi connectivity index (χ3n) is 5.61. The second-order valence-electron chi connectivity index (χ2n) is 7.67. The van der Waals surface area contributed by atoms with Crippen LogP contribution in [0.3, 0.4) is 0 Å². The van der Waals surface area contributed by atoms with Crippen LogP contribution in [0.4, 0.5) is 0 Å². The van der Waals surface area contributed by atoms with Gasteiger partial charge in [-0.25, -0.2) is 0 Å². The highest BCUT2D eigenvalue weighted by molar-refractivity contribution is 4.88. The lowest BCUT2D eigenvalue weighted by Crippen LogP contribution is -2.47. The highest BCUT2D eigenvalue weighted by Gasteiger charge is 2.32. The Morgan fingerprint density at radius 2 is 1.75 bits per heavy atom. The summed E-state index contributed by atoms with van der Waals surface area (Å²) < 4.78 is 0. The van der Waals surface area contributed by atoms with E-state index in [0.717, 1.165) is 36.3 Å². The predicted molar refractivity (Wildman–Crippen MR) is 90.1 cm³/mol. The van der Waals surface area contributed by atoms with E-state index in [-0.39, 0.29) is 0 Å². The zero-order valence-corrected chi connectivity index (χ0v) is 14.9. The van der Waals surface area contributed by atoms with Crippen molar-refractivity contribution in [3.63, 3.8) is 0 Å². The quantitative estimate of drug-likeness (QED) is 0.759. The van der Waals surface area contributed by atoms with E-state index in [2.05, 4.69) is 58.8 Å². The Kier molecular flexibility index (Phi) is 7.53. The highest BCUT2D eigenvalue weighted by Crippen LogP contribution is 2.34. The molecule has 2 nitrogen and oxygen atoms in total. The number of nitrogens with one attached hydrogen (secondary N) is 1. The van der Waals surface area contributed by atoms with Gasteiger partial charge in [-0.2, -0.15) is 0 Å². The van der Waals surface area contributed by atoms with Gasteiger partial charge in [-0.1, -0.05) is 34.6 Å². The summed E-state index contributed by atoms with van der Waals surface area (Å²) in [5.74, 6) is 3.33. The van der Waals surface area contributed by atoms with E-state index >= 15 is 0 Å². The largest absolute Gasteiger partial charge is 0.314 e. The molecule has 1 aliphatic carbocycles. The van der Waals surface area contributed by atoms with Crippen LogP contribution in [0.25, 0.3) is 0 Å². The normalized spacial score (nSPS) is 29.4. The van der Waals surface area contributed by atoms with Crippen molar-refractivity contribution in [2.75, 3.05) is 20.1 Å². The minimum atomic E-state index is 0.678. The van der Waals surface area contributed by atoms with E-state index in [0.29, 0.717) is 6.04 Å². The summed E-state index contributed by atoms with van der Waals surface area (Å²) in [4.78, 5) is 2.59. The van der Waals surface area contributed by atoms with Crippen molar-refractivity contribution in [3.8, 4) is 0 Å². The average molecular weight is 283 g/mol. The first-order valence-electron chi connectivity index (χ1n) is 8.80. The van der Waals surface area contributed by atoms with Crippen LogP contribution in [-0.4, -0.2) is 37.1 Å². The summed E-state index contributed by atoms with van der Waals surface area (Å²) in [5.41, 5.74) is 0. The molecule has 0 aromatic carbocycles. The summed E-state index contributed by atoms with van der Waals surface area (Å²) in [6.45, 7) is 16.4. The van der Waals surface area contributed by atoms with Crippen LogP contribution in [0, 0.1) is 23.7 Å². The van der Waals surface area contributed by atoms with Gasteiger partial charge in [-0.15, -0.1) is 0 Å². The minimum Gasteiger partial charge on any atom is -0.314 e. The maximum Gasteiger partial charge on any atom is 0.0108 e. The third-order valence-corrected chi connectivity index (χ3v) is 5.61. The monoisotopic (exact) mass is 282 g/mol. The summed E-state index contributed by atoms with van der Waals surface area (Å²) in [6, 6.07) is 1.41. The summed E-state index contributed by atoms with van der Waals surface area (Å²) in [7, 11) is 2.31. The Balaban J connectivity index is 2.64. The first-order valence-corrected chi connectivity index (χ1v) is 8.80. The van der Waals surface area contributed by atoms with E-state index in [1.54, 1.807) is 0 Å². The predicted octanol–water partition coefficient (Wildman–Crippen LogP) is 4.01. The molecule has 120 valence electrons. The zero-order valence-electron chi connectivity index (χ0n) is 14.9. The van der Waals surface area contributed by atoms with Crippen LogP contribution in [0.15, 0.2) is 0 Å². The molecule has 1 rings (SSSR count). The molecule has 0 bridgehead atoms. The molecule has 0 aliphatic heterocycles. The molecule has 0 heterocycles.